The summed E-state index contributed by atoms with van der Waals surface area (Å²) in [5.41, 5.74) is 6.89. The number of thioether (sulfide) groups is 1. The van der Waals surface area contributed by atoms with Gasteiger partial charge in [-0.1, -0.05) is 17.7 Å². The summed E-state index contributed by atoms with van der Waals surface area (Å²) < 4.78 is 5.39. The predicted molar refractivity (Wildman–Crippen MR) is 80.8 cm³/mol. The van der Waals surface area contributed by atoms with Crippen molar-refractivity contribution in [3.8, 4) is 5.75 Å². The van der Waals surface area contributed by atoms with Crippen molar-refractivity contribution in [1.29, 1.82) is 0 Å². The average Bonchev–Trinajstić information content (AvgIpc) is 2.38. The highest BCUT2D eigenvalue weighted by Crippen LogP contribution is 2.34. The maximum absolute atomic E-state index is 6.29. The van der Waals surface area contributed by atoms with E-state index in [0.29, 0.717) is 11.6 Å². The number of nitrogens with two attached hydrogens (primary N) is 1. The number of halogens is 1. The fourth-order valence-corrected chi connectivity index (χ4v) is 2.69. The lowest BCUT2D eigenvalue weighted by molar-refractivity contribution is 0.258. The Morgan fingerprint density at radius 3 is 2.78 bits per heavy atom. The van der Waals surface area contributed by atoms with E-state index in [4.69, 9.17) is 22.1 Å². The van der Waals surface area contributed by atoms with Crippen LogP contribution in [-0.2, 0) is 0 Å². The quantitative estimate of drug-likeness (QED) is 0.837. The van der Waals surface area contributed by atoms with Gasteiger partial charge in [-0.25, -0.2) is 0 Å². The molecular formula is C13H21ClN2OS. The molecule has 102 valence electrons. The van der Waals surface area contributed by atoms with Crippen LogP contribution in [0.25, 0.3) is 0 Å². The van der Waals surface area contributed by atoms with Gasteiger partial charge in [0.2, 0.25) is 0 Å². The average molecular weight is 289 g/mol. The summed E-state index contributed by atoms with van der Waals surface area (Å²) in [5.74, 6) is 1.87. The summed E-state index contributed by atoms with van der Waals surface area (Å²) in [5, 5.41) is 0.709. The van der Waals surface area contributed by atoms with E-state index in [-0.39, 0.29) is 6.04 Å². The van der Waals surface area contributed by atoms with Crippen molar-refractivity contribution in [2.45, 2.75) is 6.04 Å². The monoisotopic (exact) mass is 288 g/mol. The van der Waals surface area contributed by atoms with Crippen molar-refractivity contribution in [2.24, 2.45) is 5.73 Å². The van der Waals surface area contributed by atoms with Crippen molar-refractivity contribution in [2.75, 3.05) is 39.3 Å². The van der Waals surface area contributed by atoms with Gasteiger partial charge in [0.15, 0.2) is 0 Å². The van der Waals surface area contributed by atoms with E-state index in [1.807, 2.05) is 30.0 Å². The highest BCUT2D eigenvalue weighted by atomic mass is 35.5. The summed E-state index contributed by atoms with van der Waals surface area (Å²) in [6.07, 6.45) is 2.10. The van der Waals surface area contributed by atoms with Gasteiger partial charge in [0, 0.05) is 29.4 Å². The molecule has 18 heavy (non-hydrogen) atoms. The number of hydrogen-bond acceptors (Lipinski definition) is 4. The standard InChI is InChI=1S/C13H21ClN2OS/c1-16(7-8-18-3)11(9-15)13-10(14)5-4-6-12(13)17-2/h4-6,11H,7-9,15H2,1-3H3. The molecule has 1 rings (SSSR count). The van der Waals surface area contributed by atoms with Gasteiger partial charge in [0.1, 0.15) is 5.75 Å². The summed E-state index contributed by atoms with van der Waals surface area (Å²) in [7, 11) is 3.72. The molecule has 0 amide bonds. The van der Waals surface area contributed by atoms with Crippen molar-refractivity contribution < 1.29 is 4.74 Å². The smallest absolute Gasteiger partial charge is 0.125 e. The Morgan fingerprint density at radius 2 is 2.22 bits per heavy atom. The van der Waals surface area contributed by atoms with Crippen molar-refractivity contribution in [3.63, 3.8) is 0 Å². The zero-order valence-electron chi connectivity index (χ0n) is 11.1. The Labute approximate surface area is 119 Å². The number of likely N-dealkylation sites (N-methyl/N-ethyl adjacent to an activating group) is 1. The van der Waals surface area contributed by atoms with Gasteiger partial charge in [0.25, 0.3) is 0 Å². The van der Waals surface area contributed by atoms with E-state index in [9.17, 15) is 0 Å². The Balaban J connectivity index is 3.00. The van der Waals surface area contributed by atoms with Gasteiger partial charge >= 0.3 is 0 Å². The SMILES string of the molecule is COc1cccc(Cl)c1C(CN)N(C)CCSC. The van der Waals surface area contributed by atoms with E-state index < -0.39 is 0 Å². The molecular weight excluding hydrogens is 268 g/mol. The first-order valence-electron chi connectivity index (χ1n) is 5.87. The van der Waals surface area contributed by atoms with Crippen LogP contribution in [0.1, 0.15) is 11.6 Å². The second kappa shape index (κ2) is 7.89. The van der Waals surface area contributed by atoms with E-state index in [2.05, 4.69) is 18.2 Å². The molecule has 0 spiro atoms. The number of rotatable bonds is 7. The molecule has 0 aliphatic carbocycles. The normalized spacial score (nSPS) is 12.8. The molecule has 0 aliphatic heterocycles. The highest BCUT2D eigenvalue weighted by Gasteiger charge is 2.21. The van der Waals surface area contributed by atoms with Crippen LogP contribution in [0, 0.1) is 0 Å². The molecule has 1 unspecified atom stereocenters. The van der Waals surface area contributed by atoms with Crippen molar-refractivity contribution >= 4 is 23.4 Å². The van der Waals surface area contributed by atoms with E-state index >= 15 is 0 Å². The summed E-state index contributed by atoms with van der Waals surface area (Å²) in [6, 6.07) is 5.78. The van der Waals surface area contributed by atoms with E-state index in [1.165, 1.54) is 0 Å². The first-order chi connectivity index (χ1) is 8.65. The summed E-state index contributed by atoms with van der Waals surface area (Å²) in [4.78, 5) is 2.22. The van der Waals surface area contributed by atoms with Crippen LogP contribution in [0.15, 0.2) is 18.2 Å². The topological polar surface area (TPSA) is 38.5 Å². The Kier molecular flexibility index (Phi) is 6.86. The molecule has 1 aromatic rings. The van der Waals surface area contributed by atoms with E-state index in [0.717, 1.165) is 23.6 Å². The van der Waals surface area contributed by atoms with Crippen molar-refractivity contribution in [1.82, 2.24) is 4.90 Å². The van der Waals surface area contributed by atoms with Gasteiger partial charge in [-0.15, -0.1) is 0 Å². The van der Waals surface area contributed by atoms with Crippen LogP contribution in [-0.4, -0.2) is 44.2 Å². The van der Waals surface area contributed by atoms with Crippen LogP contribution in [0.3, 0.4) is 0 Å². The lowest BCUT2D eigenvalue weighted by Crippen LogP contribution is -2.32. The number of hydrogen-bond donors (Lipinski definition) is 1. The molecule has 0 saturated heterocycles. The van der Waals surface area contributed by atoms with Crippen LogP contribution in [0.4, 0.5) is 0 Å². The molecule has 5 heteroatoms. The Morgan fingerprint density at radius 1 is 1.50 bits per heavy atom. The molecule has 1 aromatic carbocycles. The minimum Gasteiger partial charge on any atom is -0.496 e. The Hall–Kier alpha value is -0.420. The summed E-state index contributed by atoms with van der Waals surface area (Å²) in [6.45, 7) is 1.49. The third-order valence-electron chi connectivity index (χ3n) is 2.97. The molecule has 1 atom stereocenters. The minimum absolute atomic E-state index is 0.0841. The molecule has 0 radical (unpaired) electrons. The fourth-order valence-electron chi connectivity index (χ4n) is 1.93. The number of methoxy groups -OCH3 is 1. The number of nitrogens with zero attached hydrogens (tertiary/aromatic N) is 1. The number of ether oxygens (including phenoxy) is 1. The van der Waals surface area contributed by atoms with Crippen LogP contribution in [0.2, 0.25) is 5.02 Å². The molecule has 0 aliphatic rings. The molecule has 0 bridgehead atoms. The van der Waals surface area contributed by atoms with Gasteiger partial charge in [-0.05, 0) is 25.4 Å². The largest absolute Gasteiger partial charge is 0.496 e. The van der Waals surface area contributed by atoms with Crippen LogP contribution in [0.5, 0.6) is 5.75 Å². The Bertz CT molecular complexity index is 376. The van der Waals surface area contributed by atoms with Crippen LogP contribution < -0.4 is 10.5 Å². The third-order valence-corrected chi connectivity index (χ3v) is 3.89. The minimum atomic E-state index is 0.0841. The zero-order valence-corrected chi connectivity index (χ0v) is 12.7. The van der Waals surface area contributed by atoms with Crippen molar-refractivity contribution in [3.05, 3.63) is 28.8 Å². The van der Waals surface area contributed by atoms with Gasteiger partial charge in [-0.3, -0.25) is 4.90 Å². The van der Waals surface area contributed by atoms with E-state index in [1.54, 1.807) is 7.11 Å². The molecule has 0 saturated carbocycles. The zero-order chi connectivity index (χ0) is 13.5. The molecule has 2 N–H and O–H groups in total. The second-order valence-corrected chi connectivity index (χ2v) is 5.47. The molecule has 0 fully saturated rings. The lowest BCUT2D eigenvalue weighted by atomic mass is 10.0. The second-order valence-electron chi connectivity index (χ2n) is 4.08. The highest BCUT2D eigenvalue weighted by molar-refractivity contribution is 7.98. The predicted octanol–water partition coefficient (Wildman–Crippen LogP) is 2.64. The molecule has 0 heterocycles. The summed E-state index contributed by atoms with van der Waals surface area (Å²) >= 11 is 8.11. The number of benzene rings is 1. The first-order valence-corrected chi connectivity index (χ1v) is 7.64. The van der Waals surface area contributed by atoms with Gasteiger partial charge in [-0.2, -0.15) is 11.8 Å². The van der Waals surface area contributed by atoms with Gasteiger partial charge in [0.05, 0.1) is 13.2 Å². The third kappa shape index (κ3) is 3.79. The fraction of sp³-hybridized carbons (Fsp3) is 0.538. The molecule has 3 nitrogen and oxygen atoms in total. The molecule has 0 aromatic heterocycles. The maximum atomic E-state index is 6.29. The van der Waals surface area contributed by atoms with Crippen LogP contribution >= 0.6 is 23.4 Å². The lowest BCUT2D eigenvalue weighted by Gasteiger charge is -2.29. The first kappa shape index (κ1) is 15.6. The maximum Gasteiger partial charge on any atom is 0.125 e. The van der Waals surface area contributed by atoms with Gasteiger partial charge < -0.3 is 10.5 Å².